The highest BCUT2D eigenvalue weighted by Gasteiger charge is 2.36. The van der Waals surface area contributed by atoms with E-state index in [0.717, 1.165) is 5.76 Å². The Morgan fingerprint density at radius 1 is 1.53 bits per heavy atom. The van der Waals surface area contributed by atoms with Crippen molar-refractivity contribution >= 4 is 12.3 Å². The van der Waals surface area contributed by atoms with Crippen molar-refractivity contribution in [1.82, 2.24) is 5.43 Å². The van der Waals surface area contributed by atoms with Gasteiger partial charge in [0.05, 0.1) is 6.21 Å². The van der Waals surface area contributed by atoms with Crippen LogP contribution in [0.4, 0.5) is 4.79 Å². The summed E-state index contributed by atoms with van der Waals surface area (Å²) in [6.45, 7) is 7.59. The normalized spacial score (nSPS) is 22.5. The lowest BCUT2D eigenvalue weighted by molar-refractivity contribution is 0.0529. The van der Waals surface area contributed by atoms with E-state index in [2.05, 4.69) is 17.5 Å². The highest BCUT2D eigenvalue weighted by molar-refractivity contribution is 5.77. The summed E-state index contributed by atoms with van der Waals surface area (Å²) in [5.74, 6) is 2.87. The standard InChI is InChI=1S/C14H20N2O3/c1-9-7-11(9)12-6-5-10(18-12)8-15-16-13(17)19-14(2,3)4/h5-6,8-9,11H,7H2,1-4H3,(H,16,17)/b15-8-/t9-,11+/m1/s1. The van der Waals surface area contributed by atoms with Crippen LogP contribution >= 0.6 is 0 Å². The molecule has 0 aromatic carbocycles. The van der Waals surface area contributed by atoms with Crippen molar-refractivity contribution in [3.05, 3.63) is 23.7 Å². The molecule has 1 N–H and O–H groups in total. The van der Waals surface area contributed by atoms with Crippen molar-refractivity contribution in [2.45, 2.75) is 45.6 Å². The van der Waals surface area contributed by atoms with Crippen LogP contribution in [0.3, 0.4) is 0 Å². The number of nitrogens with one attached hydrogen (secondary N) is 1. The summed E-state index contributed by atoms with van der Waals surface area (Å²) >= 11 is 0. The Balaban J connectivity index is 1.82. The molecule has 1 amide bonds. The van der Waals surface area contributed by atoms with Crippen molar-refractivity contribution in [1.29, 1.82) is 0 Å². The first-order valence-electron chi connectivity index (χ1n) is 6.47. The Bertz CT molecular complexity index is 485. The number of carbonyl (C=O) groups excluding carboxylic acids is 1. The summed E-state index contributed by atoms with van der Waals surface area (Å²) in [5, 5.41) is 3.79. The molecule has 1 fully saturated rings. The predicted octanol–water partition coefficient (Wildman–Crippen LogP) is 3.26. The molecule has 5 heteroatoms. The SMILES string of the molecule is C[C@@H]1C[C@@H]1c1ccc(/C=N\NC(=O)OC(C)(C)C)o1. The molecular weight excluding hydrogens is 244 g/mol. The average Bonchev–Trinajstić information content (AvgIpc) is 2.82. The summed E-state index contributed by atoms with van der Waals surface area (Å²) in [7, 11) is 0. The highest BCUT2D eigenvalue weighted by Crippen LogP contribution is 2.47. The Morgan fingerprint density at radius 3 is 2.79 bits per heavy atom. The first-order chi connectivity index (χ1) is 8.85. The fourth-order valence-electron chi connectivity index (χ4n) is 1.81. The number of carbonyl (C=O) groups is 1. The van der Waals surface area contributed by atoms with Gasteiger partial charge in [0.1, 0.15) is 17.1 Å². The molecule has 0 radical (unpaired) electrons. The number of nitrogens with zero attached hydrogens (tertiary/aromatic N) is 1. The van der Waals surface area contributed by atoms with Gasteiger partial charge in [-0.2, -0.15) is 5.10 Å². The largest absolute Gasteiger partial charge is 0.460 e. The van der Waals surface area contributed by atoms with Crippen LogP contribution in [0.5, 0.6) is 0 Å². The zero-order chi connectivity index (χ0) is 14.0. The Hall–Kier alpha value is -1.78. The van der Waals surface area contributed by atoms with Gasteiger partial charge in [0.25, 0.3) is 0 Å². The van der Waals surface area contributed by atoms with Gasteiger partial charge in [-0.1, -0.05) is 6.92 Å². The second kappa shape index (κ2) is 5.07. The summed E-state index contributed by atoms with van der Waals surface area (Å²) < 4.78 is 10.7. The van der Waals surface area contributed by atoms with Crippen LogP contribution in [0, 0.1) is 5.92 Å². The van der Waals surface area contributed by atoms with Crippen molar-refractivity contribution in [3.63, 3.8) is 0 Å². The smallest absolute Gasteiger partial charge is 0.428 e. The van der Waals surface area contributed by atoms with Crippen LogP contribution in [-0.4, -0.2) is 17.9 Å². The maximum absolute atomic E-state index is 11.3. The number of amides is 1. The average molecular weight is 264 g/mol. The zero-order valence-corrected chi connectivity index (χ0v) is 11.8. The molecule has 0 unspecified atom stereocenters. The van der Waals surface area contributed by atoms with Crippen molar-refractivity contribution in [3.8, 4) is 0 Å². The fraction of sp³-hybridized carbons (Fsp3) is 0.571. The van der Waals surface area contributed by atoms with Crippen LogP contribution in [0.2, 0.25) is 0 Å². The van der Waals surface area contributed by atoms with Crippen molar-refractivity contribution in [2.24, 2.45) is 11.0 Å². The Kier molecular flexibility index (Phi) is 3.64. The van der Waals surface area contributed by atoms with E-state index in [9.17, 15) is 4.79 Å². The molecule has 2 rings (SSSR count). The van der Waals surface area contributed by atoms with E-state index >= 15 is 0 Å². The van der Waals surface area contributed by atoms with Gasteiger partial charge in [0, 0.05) is 5.92 Å². The van der Waals surface area contributed by atoms with Crippen LogP contribution in [-0.2, 0) is 4.74 Å². The summed E-state index contributed by atoms with van der Waals surface area (Å²) in [4.78, 5) is 11.3. The van der Waals surface area contributed by atoms with E-state index in [1.807, 2.05) is 12.1 Å². The van der Waals surface area contributed by atoms with Crippen molar-refractivity contribution < 1.29 is 13.9 Å². The molecule has 1 heterocycles. The topological polar surface area (TPSA) is 63.8 Å². The molecule has 104 valence electrons. The third kappa shape index (κ3) is 4.12. The van der Waals surface area contributed by atoms with E-state index < -0.39 is 11.7 Å². The minimum Gasteiger partial charge on any atom is -0.460 e. The van der Waals surface area contributed by atoms with E-state index in [1.165, 1.54) is 12.6 Å². The van der Waals surface area contributed by atoms with Gasteiger partial charge in [0.2, 0.25) is 0 Å². The molecule has 0 aliphatic heterocycles. The van der Waals surface area contributed by atoms with E-state index in [4.69, 9.17) is 9.15 Å². The monoisotopic (exact) mass is 264 g/mol. The third-order valence-electron chi connectivity index (χ3n) is 2.87. The van der Waals surface area contributed by atoms with Crippen LogP contribution in [0.1, 0.15) is 51.6 Å². The highest BCUT2D eigenvalue weighted by atomic mass is 16.6. The second-order valence-corrected chi connectivity index (χ2v) is 5.93. The number of hydrogen-bond donors (Lipinski definition) is 1. The van der Waals surface area contributed by atoms with Crippen LogP contribution in [0.15, 0.2) is 21.7 Å². The molecule has 1 aliphatic rings. The molecule has 5 nitrogen and oxygen atoms in total. The van der Waals surface area contributed by atoms with Gasteiger partial charge >= 0.3 is 6.09 Å². The fourth-order valence-corrected chi connectivity index (χ4v) is 1.81. The molecule has 1 aromatic heterocycles. The minimum atomic E-state index is -0.577. The van der Waals surface area contributed by atoms with Gasteiger partial charge in [-0.25, -0.2) is 10.2 Å². The Morgan fingerprint density at radius 2 is 2.21 bits per heavy atom. The summed E-state index contributed by atoms with van der Waals surface area (Å²) in [5.41, 5.74) is 1.77. The number of hydrogen-bond acceptors (Lipinski definition) is 4. The molecule has 1 saturated carbocycles. The number of rotatable bonds is 3. The van der Waals surface area contributed by atoms with Crippen LogP contribution < -0.4 is 5.43 Å². The van der Waals surface area contributed by atoms with Gasteiger partial charge < -0.3 is 9.15 Å². The van der Waals surface area contributed by atoms with E-state index in [1.54, 1.807) is 20.8 Å². The molecule has 19 heavy (non-hydrogen) atoms. The lowest BCUT2D eigenvalue weighted by atomic mass is 10.2. The quantitative estimate of drug-likeness (QED) is 0.673. The number of ether oxygens (including phenoxy) is 1. The van der Waals surface area contributed by atoms with Crippen LogP contribution in [0.25, 0.3) is 0 Å². The molecule has 1 aromatic rings. The first kappa shape index (κ1) is 13.6. The molecule has 2 atom stereocenters. The molecule has 1 aliphatic carbocycles. The molecule has 0 saturated heterocycles. The van der Waals surface area contributed by atoms with Gasteiger partial charge in [-0.15, -0.1) is 0 Å². The lowest BCUT2D eigenvalue weighted by Gasteiger charge is -2.18. The number of furan rings is 1. The summed E-state index contributed by atoms with van der Waals surface area (Å²) in [6, 6.07) is 3.81. The summed E-state index contributed by atoms with van der Waals surface area (Å²) in [6.07, 6.45) is 2.08. The number of hydrazone groups is 1. The molecule has 0 bridgehead atoms. The maximum Gasteiger partial charge on any atom is 0.428 e. The van der Waals surface area contributed by atoms with Gasteiger partial charge in [-0.05, 0) is 45.2 Å². The predicted molar refractivity (Wildman–Crippen MR) is 72.2 cm³/mol. The second-order valence-electron chi connectivity index (χ2n) is 5.93. The zero-order valence-electron chi connectivity index (χ0n) is 11.8. The third-order valence-corrected chi connectivity index (χ3v) is 2.87. The van der Waals surface area contributed by atoms with Gasteiger partial charge in [-0.3, -0.25) is 0 Å². The van der Waals surface area contributed by atoms with Gasteiger partial charge in [0.15, 0.2) is 0 Å². The first-order valence-corrected chi connectivity index (χ1v) is 6.47. The molecule has 0 spiro atoms. The Labute approximate surface area is 113 Å². The van der Waals surface area contributed by atoms with E-state index in [0.29, 0.717) is 17.6 Å². The minimum absolute atomic E-state index is 0.528. The van der Waals surface area contributed by atoms with Crippen molar-refractivity contribution in [2.75, 3.05) is 0 Å². The molecular formula is C14H20N2O3. The van der Waals surface area contributed by atoms with E-state index in [-0.39, 0.29) is 0 Å². The lowest BCUT2D eigenvalue weighted by Crippen LogP contribution is -2.29. The maximum atomic E-state index is 11.3.